The summed E-state index contributed by atoms with van der Waals surface area (Å²) in [7, 11) is 0. The molecule has 5 aromatic rings. The number of thioether (sulfide) groups is 1. The highest BCUT2D eigenvalue weighted by Gasteiger charge is 2.32. The normalized spacial score (nSPS) is 17.8. The predicted molar refractivity (Wildman–Crippen MR) is 171 cm³/mol. The molecule has 0 unspecified atom stereocenters. The summed E-state index contributed by atoms with van der Waals surface area (Å²) >= 11 is 1.59. The fraction of sp³-hybridized carbons (Fsp3) is 0.257. The molecule has 214 valence electrons. The molecular weight excluding hydrogens is 540 g/mol. The highest BCUT2D eigenvalue weighted by molar-refractivity contribution is 8.00. The fourth-order valence-corrected chi connectivity index (χ4v) is 7.06. The van der Waals surface area contributed by atoms with Crippen LogP contribution in [-0.2, 0) is 29.1 Å². The molecule has 1 aliphatic rings. The minimum Gasteiger partial charge on any atom is -0.361 e. The maximum Gasteiger partial charge on any atom is 0.245 e. The van der Waals surface area contributed by atoms with Gasteiger partial charge in [0.15, 0.2) is 0 Å². The Kier molecular flexibility index (Phi) is 8.58. The lowest BCUT2D eigenvalue weighted by atomic mass is 10.0. The summed E-state index contributed by atoms with van der Waals surface area (Å²) in [6, 6.07) is 30.2. The Morgan fingerprint density at radius 3 is 2.48 bits per heavy atom. The summed E-state index contributed by atoms with van der Waals surface area (Å²) in [4.78, 5) is 34.6. The third-order valence-corrected chi connectivity index (χ3v) is 9.41. The van der Waals surface area contributed by atoms with Gasteiger partial charge < -0.3 is 20.9 Å². The number of unbranched alkanes of at least 4 members (excludes halogenated alkanes) is 1. The van der Waals surface area contributed by atoms with Crippen molar-refractivity contribution < 1.29 is 9.59 Å². The Hall–Kier alpha value is -4.07. The minimum absolute atomic E-state index is 0.0548. The number of benzene rings is 4. The van der Waals surface area contributed by atoms with Crippen LogP contribution in [0.2, 0.25) is 0 Å². The van der Waals surface area contributed by atoms with Crippen LogP contribution in [-0.4, -0.2) is 39.5 Å². The van der Waals surface area contributed by atoms with Crippen LogP contribution in [0.1, 0.15) is 36.0 Å². The molecule has 42 heavy (non-hydrogen) atoms. The van der Waals surface area contributed by atoms with Gasteiger partial charge >= 0.3 is 0 Å². The van der Waals surface area contributed by atoms with Crippen LogP contribution in [0.5, 0.6) is 0 Å². The van der Waals surface area contributed by atoms with E-state index in [1.807, 2.05) is 59.6 Å². The van der Waals surface area contributed by atoms with E-state index in [1.54, 1.807) is 11.8 Å². The summed E-state index contributed by atoms with van der Waals surface area (Å²) in [6.07, 6.45) is 4.68. The molecule has 0 spiro atoms. The second-order valence-corrected chi connectivity index (χ2v) is 12.2. The lowest BCUT2D eigenvalue weighted by molar-refractivity contribution is -0.137. The second-order valence-electron chi connectivity index (χ2n) is 11.0. The summed E-state index contributed by atoms with van der Waals surface area (Å²) in [6.45, 7) is 1.48. The first kappa shape index (κ1) is 28.1. The molecule has 0 aliphatic carbocycles. The monoisotopic (exact) mass is 576 g/mol. The maximum absolute atomic E-state index is 14.3. The van der Waals surface area contributed by atoms with Gasteiger partial charge in [-0.05, 0) is 71.8 Å². The van der Waals surface area contributed by atoms with Crippen LogP contribution in [0, 0.1) is 0 Å². The Morgan fingerprint density at radius 2 is 1.60 bits per heavy atom. The second kappa shape index (κ2) is 12.8. The molecule has 1 aromatic heterocycles. The van der Waals surface area contributed by atoms with Crippen molar-refractivity contribution in [3.05, 3.63) is 114 Å². The highest BCUT2D eigenvalue weighted by Crippen LogP contribution is 2.33. The van der Waals surface area contributed by atoms with Gasteiger partial charge in [0.05, 0.1) is 5.25 Å². The summed E-state index contributed by atoms with van der Waals surface area (Å²) < 4.78 is 0. The number of rotatable bonds is 8. The maximum atomic E-state index is 14.3. The molecule has 0 saturated heterocycles. The van der Waals surface area contributed by atoms with Gasteiger partial charge in [0.1, 0.15) is 6.04 Å². The Balaban J connectivity index is 1.36. The van der Waals surface area contributed by atoms with Crippen LogP contribution in [0.4, 0.5) is 0 Å². The van der Waals surface area contributed by atoms with Crippen molar-refractivity contribution in [3.8, 4) is 0 Å². The Labute approximate surface area is 250 Å². The first-order valence-electron chi connectivity index (χ1n) is 14.7. The molecular formula is C35H36N4O2S. The van der Waals surface area contributed by atoms with Crippen molar-refractivity contribution in [1.29, 1.82) is 0 Å². The van der Waals surface area contributed by atoms with Crippen molar-refractivity contribution in [2.75, 3.05) is 6.54 Å². The average Bonchev–Trinajstić information content (AvgIpc) is 3.43. The van der Waals surface area contributed by atoms with Crippen molar-refractivity contribution in [3.63, 3.8) is 0 Å². The molecule has 4 aromatic carbocycles. The zero-order chi connectivity index (χ0) is 28.9. The van der Waals surface area contributed by atoms with E-state index >= 15 is 0 Å². The molecule has 0 saturated carbocycles. The van der Waals surface area contributed by atoms with Gasteiger partial charge in [-0.3, -0.25) is 9.59 Å². The van der Waals surface area contributed by atoms with Crippen molar-refractivity contribution >= 4 is 45.3 Å². The first-order valence-corrected chi connectivity index (χ1v) is 15.5. The van der Waals surface area contributed by atoms with Gasteiger partial charge in [-0.1, -0.05) is 78.9 Å². The predicted octanol–water partition coefficient (Wildman–Crippen LogP) is 6.18. The van der Waals surface area contributed by atoms with Gasteiger partial charge in [-0.15, -0.1) is 11.8 Å². The van der Waals surface area contributed by atoms with E-state index in [4.69, 9.17) is 5.73 Å². The quantitative estimate of drug-likeness (QED) is 0.192. The zero-order valence-electron chi connectivity index (χ0n) is 23.6. The number of carbonyl (C=O) groups excluding carboxylic acids is 2. The fourth-order valence-electron chi connectivity index (χ4n) is 5.88. The number of hydrogen-bond donors (Lipinski definition) is 3. The average molecular weight is 577 g/mol. The van der Waals surface area contributed by atoms with Crippen molar-refractivity contribution in [2.45, 2.75) is 55.0 Å². The van der Waals surface area contributed by atoms with Crippen LogP contribution in [0.15, 0.2) is 102 Å². The number of carbonyl (C=O) groups is 2. The molecule has 6 rings (SSSR count). The number of fused-ring (bicyclic) bond motifs is 3. The SMILES string of the molecule is NCCCC[C@H]1NC(=O)[C@@H](Cc2c[nH]c3ccccc23)Sc2ccccc2CN(Cc2cccc3ccccc23)C1=O. The molecule has 0 radical (unpaired) electrons. The smallest absolute Gasteiger partial charge is 0.245 e. The molecule has 7 heteroatoms. The van der Waals surface area contributed by atoms with Crippen molar-refractivity contribution in [2.24, 2.45) is 5.73 Å². The summed E-state index contributed by atoms with van der Waals surface area (Å²) in [5.41, 5.74) is 10.1. The van der Waals surface area contributed by atoms with E-state index in [2.05, 4.69) is 52.8 Å². The molecule has 0 fully saturated rings. The summed E-state index contributed by atoms with van der Waals surface area (Å²) in [5.74, 6) is -0.168. The molecule has 6 nitrogen and oxygen atoms in total. The van der Waals surface area contributed by atoms with Gasteiger partial charge in [0.2, 0.25) is 11.8 Å². The lowest BCUT2D eigenvalue weighted by Gasteiger charge is -2.32. The third-order valence-electron chi connectivity index (χ3n) is 8.09. The van der Waals surface area contributed by atoms with E-state index in [1.165, 1.54) is 0 Å². The number of nitrogens with two attached hydrogens (primary N) is 1. The number of aromatic nitrogens is 1. The van der Waals surface area contributed by atoms with Crippen LogP contribution < -0.4 is 11.1 Å². The number of nitrogens with zero attached hydrogens (tertiary/aromatic N) is 1. The van der Waals surface area contributed by atoms with Crippen molar-refractivity contribution in [1.82, 2.24) is 15.2 Å². The number of para-hydroxylation sites is 1. The van der Waals surface area contributed by atoms with E-state index in [-0.39, 0.29) is 17.1 Å². The largest absolute Gasteiger partial charge is 0.361 e. The first-order chi connectivity index (χ1) is 20.6. The molecule has 2 heterocycles. The Bertz CT molecular complexity index is 1710. The number of H-pyrrole nitrogens is 1. The van der Waals surface area contributed by atoms with Gasteiger partial charge in [0, 0.05) is 35.1 Å². The number of nitrogens with one attached hydrogen (secondary N) is 2. The topological polar surface area (TPSA) is 91.2 Å². The lowest BCUT2D eigenvalue weighted by Crippen LogP contribution is -2.51. The Morgan fingerprint density at radius 1 is 0.833 bits per heavy atom. The number of hydrogen-bond acceptors (Lipinski definition) is 4. The van der Waals surface area contributed by atoms with Crippen LogP contribution in [0.25, 0.3) is 21.7 Å². The van der Waals surface area contributed by atoms with Crippen LogP contribution >= 0.6 is 11.8 Å². The van der Waals surface area contributed by atoms with Crippen LogP contribution in [0.3, 0.4) is 0 Å². The molecule has 4 N–H and O–H groups in total. The number of aromatic amines is 1. The highest BCUT2D eigenvalue weighted by atomic mass is 32.2. The minimum atomic E-state index is -0.615. The zero-order valence-corrected chi connectivity index (χ0v) is 24.4. The van der Waals surface area contributed by atoms with E-state index in [0.717, 1.165) is 56.1 Å². The molecule has 0 bridgehead atoms. The third kappa shape index (κ3) is 6.08. The molecule has 2 amide bonds. The number of amides is 2. The van der Waals surface area contributed by atoms with Gasteiger partial charge in [0.25, 0.3) is 0 Å². The van der Waals surface area contributed by atoms with Gasteiger partial charge in [-0.2, -0.15) is 0 Å². The van der Waals surface area contributed by atoms with E-state index in [0.29, 0.717) is 32.5 Å². The van der Waals surface area contributed by atoms with Gasteiger partial charge in [-0.25, -0.2) is 0 Å². The molecule has 2 atom stereocenters. The van der Waals surface area contributed by atoms with E-state index in [9.17, 15) is 9.59 Å². The molecule has 1 aliphatic heterocycles. The van der Waals surface area contributed by atoms with E-state index < -0.39 is 6.04 Å². The summed E-state index contributed by atoms with van der Waals surface area (Å²) in [5, 5.41) is 6.20. The standard InChI is InChI=1S/C35H36N4O2S/c36-19-8-7-17-31-35(41)39(22-25-13-9-12-24-10-1-3-14-28(24)25)23-26-11-2-6-18-32(26)42-33(34(40)38-31)20-27-21-37-30-16-5-4-15-29(27)30/h1-6,9-16,18,21,31,33,37H,7-8,17,19-20,22-23,36H2,(H,38,40)/t31-,33-/m1/s1.